The normalized spacial score (nSPS) is 9.81. The zero-order valence-electron chi connectivity index (χ0n) is 8.36. The second kappa shape index (κ2) is 4.24. The molecule has 0 spiro atoms. The Labute approximate surface area is 95.4 Å². The van der Waals surface area contributed by atoms with Crippen LogP contribution in [0.2, 0.25) is 0 Å². The lowest BCUT2D eigenvalue weighted by atomic mass is 10.3. The molecule has 80 valence electrons. The van der Waals surface area contributed by atoms with Crippen molar-refractivity contribution in [2.45, 2.75) is 0 Å². The second-order valence-electron chi connectivity index (χ2n) is 2.95. The Bertz CT molecular complexity index is 558. The van der Waals surface area contributed by atoms with Gasteiger partial charge in [0.25, 0.3) is 0 Å². The average Bonchev–Trinajstić information content (AvgIpc) is 2.72. The molecule has 4 nitrogen and oxygen atoms in total. The van der Waals surface area contributed by atoms with E-state index in [1.54, 1.807) is 7.05 Å². The van der Waals surface area contributed by atoms with Gasteiger partial charge in [-0.15, -0.1) is 0 Å². The van der Waals surface area contributed by atoms with E-state index in [2.05, 4.69) is 15.3 Å². The van der Waals surface area contributed by atoms with Crippen LogP contribution in [0.1, 0.15) is 5.69 Å². The molecule has 0 saturated heterocycles. The van der Waals surface area contributed by atoms with Crippen LogP contribution in [0.25, 0.3) is 10.6 Å². The number of hydrogen-bond acceptors (Lipinski definition) is 5. The molecule has 0 aromatic carbocycles. The molecule has 6 heteroatoms. The van der Waals surface area contributed by atoms with Crippen molar-refractivity contribution in [3.63, 3.8) is 0 Å². The quantitative estimate of drug-likeness (QED) is 0.865. The van der Waals surface area contributed by atoms with Crippen molar-refractivity contribution in [1.29, 1.82) is 5.26 Å². The van der Waals surface area contributed by atoms with Crippen LogP contribution in [-0.2, 0) is 0 Å². The first-order valence-electron chi connectivity index (χ1n) is 4.44. The van der Waals surface area contributed by atoms with E-state index in [1.165, 1.54) is 23.6 Å². The highest BCUT2D eigenvalue weighted by Crippen LogP contribution is 2.31. The molecule has 0 aliphatic carbocycles. The number of anilines is 1. The lowest BCUT2D eigenvalue weighted by molar-refractivity contribution is 0.622. The molecule has 0 saturated carbocycles. The lowest BCUT2D eigenvalue weighted by Crippen LogP contribution is -1.86. The zero-order valence-corrected chi connectivity index (χ0v) is 9.18. The summed E-state index contributed by atoms with van der Waals surface area (Å²) in [7, 11) is 1.71. The van der Waals surface area contributed by atoms with Crippen LogP contribution < -0.4 is 5.32 Å². The average molecular weight is 234 g/mol. The molecular weight excluding hydrogens is 227 g/mol. The number of halogens is 1. The van der Waals surface area contributed by atoms with Gasteiger partial charge in [0.15, 0.2) is 5.69 Å². The molecule has 0 aliphatic rings. The third-order valence-corrected chi connectivity index (χ3v) is 3.03. The highest BCUT2D eigenvalue weighted by atomic mass is 32.1. The standard InChI is InChI=1S/C10H7FN4S/c1-13-10-8(3-12)15-9(16-10)6-2-7(11)5-14-4-6/h2,4-5,13H,1H3. The van der Waals surface area contributed by atoms with Gasteiger partial charge in [0.2, 0.25) is 0 Å². The summed E-state index contributed by atoms with van der Waals surface area (Å²) in [5, 5.41) is 12.9. The van der Waals surface area contributed by atoms with Crippen molar-refractivity contribution in [2.24, 2.45) is 0 Å². The van der Waals surface area contributed by atoms with Gasteiger partial charge in [0, 0.05) is 18.8 Å². The first-order valence-corrected chi connectivity index (χ1v) is 5.26. The van der Waals surface area contributed by atoms with E-state index in [1.807, 2.05) is 6.07 Å². The summed E-state index contributed by atoms with van der Waals surface area (Å²) in [4.78, 5) is 7.84. The number of nitrogens with one attached hydrogen (secondary N) is 1. The molecule has 1 N–H and O–H groups in total. The van der Waals surface area contributed by atoms with Crippen molar-refractivity contribution < 1.29 is 4.39 Å². The predicted octanol–water partition coefficient (Wildman–Crippen LogP) is 2.26. The first kappa shape index (κ1) is 10.5. The van der Waals surface area contributed by atoms with Gasteiger partial charge < -0.3 is 5.32 Å². The predicted molar refractivity (Wildman–Crippen MR) is 59.6 cm³/mol. The number of rotatable bonds is 2. The van der Waals surface area contributed by atoms with E-state index < -0.39 is 5.82 Å². The van der Waals surface area contributed by atoms with Crippen LogP contribution in [-0.4, -0.2) is 17.0 Å². The van der Waals surface area contributed by atoms with E-state index in [4.69, 9.17) is 5.26 Å². The topological polar surface area (TPSA) is 61.6 Å². The summed E-state index contributed by atoms with van der Waals surface area (Å²) in [5.41, 5.74) is 0.884. The van der Waals surface area contributed by atoms with Gasteiger partial charge in [0.1, 0.15) is 21.9 Å². The Morgan fingerprint density at radius 3 is 2.88 bits per heavy atom. The maximum absolute atomic E-state index is 13.0. The Hall–Kier alpha value is -2.00. The molecule has 0 radical (unpaired) electrons. The zero-order chi connectivity index (χ0) is 11.5. The van der Waals surface area contributed by atoms with Crippen LogP contribution in [0.3, 0.4) is 0 Å². The minimum absolute atomic E-state index is 0.312. The van der Waals surface area contributed by atoms with Gasteiger partial charge >= 0.3 is 0 Å². The Morgan fingerprint density at radius 2 is 2.31 bits per heavy atom. The molecule has 0 unspecified atom stereocenters. The lowest BCUT2D eigenvalue weighted by Gasteiger charge is -1.94. The number of nitriles is 1. The fourth-order valence-corrected chi connectivity index (χ4v) is 2.07. The van der Waals surface area contributed by atoms with Gasteiger partial charge in [-0.2, -0.15) is 5.26 Å². The Morgan fingerprint density at radius 1 is 1.50 bits per heavy atom. The van der Waals surface area contributed by atoms with E-state index in [-0.39, 0.29) is 0 Å². The van der Waals surface area contributed by atoms with Crippen LogP contribution in [0.15, 0.2) is 18.5 Å². The molecule has 0 amide bonds. The number of pyridine rings is 1. The monoisotopic (exact) mass is 234 g/mol. The third-order valence-electron chi connectivity index (χ3n) is 1.91. The third kappa shape index (κ3) is 1.85. The summed E-state index contributed by atoms with van der Waals surface area (Å²) in [6.07, 6.45) is 2.64. The van der Waals surface area contributed by atoms with Crippen LogP contribution in [0, 0.1) is 17.1 Å². The van der Waals surface area contributed by atoms with E-state index in [0.717, 1.165) is 6.20 Å². The summed E-state index contributed by atoms with van der Waals surface area (Å²) in [6, 6.07) is 3.31. The minimum Gasteiger partial charge on any atom is -0.378 e. The van der Waals surface area contributed by atoms with E-state index in [0.29, 0.717) is 21.3 Å². The molecule has 0 fully saturated rings. The van der Waals surface area contributed by atoms with Crippen molar-refractivity contribution in [1.82, 2.24) is 9.97 Å². The first-order chi connectivity index (χ1) is 7.74. The molecule has 0 aliphatic heterocycles. The van der Waals surface area contributed by atoms with Gasteiger partial charge in [-0.25, -0.2) is 9.37 Å². The molecule has 2 aromatic rings. The van der Waals surface area contributed by atoms with E-state index >= 15 is 0 Å². The fourth-order valence-electron chi connectivity index (χ4n) is 1.22. The van der Waals surface area contributed by atoms with Gasteiger partial charge in [-0.05, 0) is 6.07 Å². The van der Waals surface area contributed by atoms with Gasteiger partial charge in [-0.3, -0.25) is 4.98 Å². The fraction of sp³-hybridized carbons (Fsp3) is 0.100. The maximum Gasteiger partial charge on any atom is 0.175 e. The molecule has 16 heavy (non-hydrogen) atoms. The number of aromatic nitrogens is 2. The van der Waals surface area contributed by atoms with E-state index in [9.17, 15) is 4.39 Å². The summed E-state index contributed by atoms with van der Waals surface area (Å²) < 4.78 is 13.0. The maximum atomic E-state index is 13.0. The number of nitrogens with zero attached hydrogens (tertiary/aromatic N) is 3. The molecule has 2 heterocycles. The largest absolute Gasteiger partial charge is 0.378 e. The number of hydrogen-bond donors (Lipinski definition) is 1. The molecule has 0 atom stereocenters. The molecule has 0 bridgehead atoms. The van der Waals surface area contributed by atoms with Crippen LogP contribution in [0.4, 0.5) is 9.39 Å². The smallest absolute Gasteiger partial charge is 0.175 e. The van der Waals surface area contributed by atoms with Gasteiger partial charge in [-0.1, -0.05) is 11.3 Å². The second-order valence-corrected chi connectivity index (χ2v) is 3.95. The summed E-state index contributed by atoms with van der Waals surface area (Å²) >= 11 is 1.29. The molecule has 2 aromatic heterocycles. The highest BCUT2D eigenvalue weighted by Gasteiger charge is 2.11. The van der Waals surface area contributed by atoms with Gasteiger partial charge in [0.05, 0.1) is 6.20 Å². The SMILES string of the molecule is CNc1sc(-c2cncc(F)c2)nc1C#N. The molecular formula is C10H7FN4S. The van der Waals surface area contributed by atoms with Crippen molar-refractivity contribution >= 4 is 16.3 Å². The van der Waals surface area contributed by atoms with Crippen LogP contribution in [0.5, 0.6) is 0 Å². The summed E-state index contributed by atoms with van der Waals surface area (Å²) in [5.74, 6) is -0.419. The van der Waals surface area contributed by atoms with Crippen molar-refractivity contribution in [2.75, 3.05) is 12.4 Å². The summed E-state index contributed by atoms with van der Waals surface area (Å²) in [6.45, 7) is 0. The highest BCUT2D eigenvalue weighted by molar-refractivity contribution is 7.19. The van der Waals surface area contributed by atoms with Crippen LogP contribution >= 0.6 is 11.3 Å². The van der Waals surface area contributed by atoms with Crippen molar-refractivity contribution in [3.05, 3.63) is 30.0 Å². The molecule has 2 rings (SSSR count). The Kier molecular flexibility index (Phi) is 2.79. The Balaban J connectivity index is 2.49. The minimum atomic E-state index is -0.419. The van der Waals surface area contributed by atoms with Crippen molar-refractivity contribution in [3.8, 4) is 16.6 Å². The number of thiazole rings is 1.